The second-order valence-electron chi connectivity index (χ2n) is 4.78. The van der Waals surface area contributed by atoms with Crippen molar-refractivity contribution in [2.75, 3.05) is 12.3 Å². The molecule has 3 rings (SSSR count). The summed E-state index contributed by atoms with van der Waals surface area (Å²) in [6.07, 6.45) is 1.17. The summed E-state index contributed by atoms with van der Waals surface area (Å²) in [6.45, 7) is 1.47. The van der Waals surface area contributed by atoms with Gasteiger partial charge in [-0.05, 0) is 24.1 Å². The minimum Gasteiger partial charge on any atom is -0.334 e. The van der Waals surface area contributed by atoms with Gasteiger partial charge in [0.2, 0.25) is 0 Å². The molecular formula is C13H15ClN2OS. The highest BCUT2D eigenvalue weighted by Crippen LogP contribution is 2.37. The number of carbonyl (C=O) groups excluding carboxylic acids is 1. The van der Waals surface area contributed by atoms with Crippen molar-refractivity contribution in [3.05, 3.63) is 34.9 Å². The van der Waals surface area contributed by atoms with E-state index >= 15 is 0 Å². The predicted octanol–water partition coefficient (Wildman–Crippen LogP) is 2.74. The van der Waals surface area contributed by atoms with Crippen molar-refractivity contribution in [1.29, 1.82) is 0 Å². The Kier molecular flexibility index (Phi) is 3.39. The number of halogens is 1. The molecule has 2 amide bonds. The zero-order chi connectivity index (χ0) is 12.5. The number of rotatable bonds is 2. The van der Waals surface area contributed by atoms with E-state index in [0.29, 0.717) is 17.8 Å². The Morgan fingerprint density at radius 1 is 1.44 bits per heavy atom. The number of nitrogens with zero attached hydrogens (tertiary/aromatic N) is 1. The lowest BCUT2D eigenvalue weighted by atomic mass is 10.2. The monoisotopic (exact) mass is 282 g/mol. The lowest BCUT2D eigenvalue weighted by Crippen LogP contribution is -2.45. The van der Waals surface area contributed by atoms with Crippen LogP contribution in [0.15, 0.2) is 24.3 Å². The van der Waals surface area contributed by atoms with Gasteiger partial charge < -0.3 is 10.2 Å². The van der Waals surface area contributed by atoms with Gasteiger partial charge in [0.15, 0.2) is 0 Å². The van der Waals surface area contributed by atoms with Crippen LogP contribution in [0.5, 0.6) is 0 Å². The van der Waals surface area contributed by atoms with Gasteiger partial charge in [-0.15, -0.1) is 0 Å². The number of hydrogen-bond donors (Lipinski definition) is 1. The third kappa shape index (κ3) is 2.45. The summed E-state index contributed by atoms with van der Waals surface area (Å²) in [5.41, 5.74) is 1.08. The lowest BCUT2D eigenvalue weighted by Gasteiger charge is -2.26. The number of benzene rings is 1. The fraction of sp³-hybridized carbons (Fsp3) is 0.462. The number of carbonyl (C=O) groups is 1. The van der Waals surface area contributed by atoms with Crippen LogP contribution in [0.1, 0.15) is 12.0 Å². The fourth-order valence-electron chi connectivity index (χ4n) is 2.53. The maximum absolute atomic E-state index is 12.1. The van der Waals surface area contributed by atoms with Crippen molar-refractivity contribution < 1.29 is 4.79 Å². The van der Waals surface area contributed by atoms with Gasteiger partial charge in [-0.3, -0.25) is 0 Å². The van der Waals surface area contributed by atoms with E-state index in [-0.39, 0.29) is 6.03 Å². The quantitative estimate of drug-likeness (QED) is 0.905. The molecule has 2 heterocycles. The summed E-state index contributed by atoms with van der Waals surface area (Å²) in [4.78, 5) is 14.0. The number of urea groups is 1. The Balaban J connectivity index is 1.54. The maximum atomic E-state index is 12.1. The van der Waals surface area contributed by atoms with Crippen LogP contribution in [0.2, 0.25) is 5.02 Å². The van der Waals surface area contributed by atoms with E-state index in [1.807, 2.05) is 40.9 Å². The normalized spacial score (nSPS) is 25.5. The van der Waals surface area contributed by atoms with Crippen molar-refractivity contribution in [1.82, 2.24) is 10.2 Å². The van der Waals surface area contributed by atoms with Gasteiger partial charge in [0.1, 0.15) is 0 Å². The first kappa shape index (κ1) is 12.2. The molecule has 96 valence electrons. The fourth-order valence-corrected chi connectivity index (χ4v) is 4.09. The second-order valence-corrected chi connectivity index (χ2v) is 6.55. The minimum atomic E-state index is 0.0674. The molecule has 0 aromatic heterocycles. The number of likely N-dealkylation sites (tertiary alicyclic amines) is 1. The van der Waals surface area contributed by atoms with Crippen molar-refractivity contribution in [2.24, 2.45) is 0 Å². The highest BCUT2D eigenvalue weighted by atomic mass is 35.5. The summed E-state index contributed by atoms with van der Waals surface area (Å²) in [6, 6.07) is 8.08. The van der Waals surface area contributed by atoms with Crippen molar-refractivity contribution >= 4 is 29.4 Å². The summed E-state index contributed by atoms with van der Waals surface area (Å²) < 4.78 is 0. The van der Waals surface area contributed by atoms with E-state index in [4.69, 9.17) is 11.6 Å². The van der Waals surface area contributed by atoms with Gasteiger partial charge in [0.25, 0.3) is 0 Å². The molecule has 2 atom stereocenters. The number of amides is 2. The zero-order valence-electron chi connectivity index (χ0n) is 9.93. The number of fused-ring (bicyclic) bond motifs is 2. The minimum absolute atomic E-state index is 0.0674. The Morgan fingerprint density at radius 2 is 2.22 bits per heavy atom. The summed E-state index contributed by atoms with van der Waals surface area (Å²) in [5.74, 6) is 1.10. The van der Waals surface area contributed by atoms with Crippen molar-refractivity contribution in [3.8, 4) is 0 Å². The molecule has 0 aliphatic carbocycles. The van der Waals surface area contributed by atoms with Gasteiger partial charge in [0, 0.05) is 35.2 Å². The van der Waals surface area contributed by atoms with E-state index in [2.05, 4.69) is 5.32 Å². The maximum Gasteiger partial charge on any atom is 0.317 e. The highest BCUT2D eigenvalue weighted by Gasteiger charge is 2.40. The third-order valence-corrected chi connectivity index (χ3v) is 5.16. The van der Waals surface area contributed by atoms with Crippen LogP contribution in [0, 0.1) is 0 Å². The molecule has 1 aromatic rings. The molecule has 0 radical (unpaired) electrons. The van der Waals surface area contributed by atoms with Gasteiger partial charge in [-0.25, -0.2) is 4.79 Å². The average Bonchev–Trinajstić information content (AvgIpc) is 3.00. The summed E-state index contributed by atoms with van der Waals surface area (Å²) >= 11 is 7.82. The average molecular weight is 283 g/mol. The molecule has 2 saturated heterocycles. The van der Waals surface area contributed by atoms with Gasteiger partial charge in [-0.1, -0.05) is 23.7 Å². The zero-order valence-corrected chi connectivity index (χ0v) is 11.5. The van der Waals surface area contributed by atoms with E-state index in [0.717, 1.165) is 22.9 Å². The molecule has 2 aliphatic heterocycles. The Hall–Kier alpha value is -0.870. The number of thioether (sulfide) groups is 1. The largest absolute Gasteiger partial charge is 0.334 e. The number of hydrogen-bond acceptors (Lipinski definition) is 2. The molecule has 1 N–H and O–H groups in total. The van der Waals surface area contributed by atoms with Crippen LogP contribution in [0.4, 0.5) is 4.79 Å². The summed E-state index contributed by atoms with van der Waals surface area (Å²) in [7, 11) is 0. The predicted molar refractivity (Wildman–Crippen MR) is 75.0 cm³/mol. The molecule has 5 heteroatoms. The van der Waals surface area contributed by atoms with Crippen molar-refractivity contribution in [2.45, 2.75) is 24.3 Å². The van der Waals surface area contributed by atoms with Crippen molar-refractivity contribution in [3.63, 3.8) is 0 Å². The first-order chi connectivity index (χ1) is 8.72. The highest BCUT2D eigenvalue weighted by molar-refractivity contribution is 8.00. The third-order valence-electron chi connectivity index (χ3n) is 3.52. The smallest absolute Gasteiger partial charge is 0.317 e. The van der Waals surface area contributed by atoms with Crippen LogP contribution < -0.4 is 5.32 Å². The van der Waals surface area contributed by atoms with Crippen LogP contribution in [0.25, 0.3) is 0 Å². The Morgan fingerprint density at radius 3 is 2.83 bits per heavy atom. The van der Waals surface area contributed by atoms with E-state index < -0.39 is 0 Å². The standard InChI is InChI=1S/C13H15ClN2OS/c14-10-3-1-9(2-4-10)6-15-13(17)16-7-12-5-11(16)8-18-12/h1-4,11-12H,5-8H2,(H,15,17). The Bertz CT molecular complexity index is 451. The topological polar surface area (TPSA) is 32.3 Å². The molecule has 2 aliphatic rings. The molecule has 1 aromatic carbocycles. The number of nitrogens with one attached hydrogen (secondary N) is 1. The molecule has 0 saturated carbocycles. The van der Waals surface area contributed by atoms with Crippen LogP contribution in [0.3, 0.4) is 0 Å². The first-order valence-corrected chi connectivity index (χ1v) is 7.55. The molecule has 0 spiro atoms. The molecule has 2 unspecified atom stereocenters. The van der Waals surface area contributed by atoms with E-state index in [1.54, 1.807) is 0 Å². The lowest BCUT2D eigenvalue weighted by molar-refractivity contribution is 0.195. The second kappa shape index (κ2) is 5.02. The molecule has 2 fully saturated rings. The summed E-state index contributed by atoms with van der Waals surface area (Å²) in [5, 5.41) is 4.36. The van der Waals surface area contributed by atoms with Gasteiger partial charge in [0.05, 0.1) is 0 Å². The van der Waals surface area contributed by atoms with Crippen LogP contribution in [-0.4, -0.2) is 34.5 Å². The van der Waals surface area contributed by atoms with Crippen LogP contribution in [-0.2, 0) is 6.54 Å². The van der Waals surface area contributed by atoms with Crippen LogP contribution >= 0.6 is 23.4 Å². The molecular weight excluding hydrogens is 268 g/mol. The van der Waals surface area contributed by atoms with Gasteiger partial charge in [-0.2, -0.15) is 11.8 Å². The SMILES string of the molecule is O=C(NCc1ccc(Cl)cc1)N1CC2CC1CS2. The van der Waals surface area contributed by atoms with E-state index in [9.17, 15) is 4.79 Å². The first-order valence-electron chi connectivity index (χ1n) is 6.13. The van der Waals surface area contributed by atoms with E-state index in [1.165, 1.54) is 6.42 Å². The Labute approximate surface area is 116 Å². The molecule has 3 nitrogen and oxygen atoms in total. The molecule has 2 bridgehead atoms. The molecule has 18 heavy (non-hydrogen) atoms. The van der Waals surface area contributed by atoms with Gasteiger partial charge >= 0.3 is 6.03 Å².